The summed E-state index contributed by atoms with van der Waals surface area (Å²) in [6.07, 6.45) is -0.316. The minimum Gasteiger partial charge on any atom is -0.447 e. The van der Waals surface area contributed by atoms with Gasteiger partial charge in [0.25, 0.3) is 0 Å². The number of anilines is 1. The van der Waals surface area contributed by atoms with Gasteiger partial charge in [-0.25, -0.2) is 9.79 Å². The van der Waals surface area contributed by atoms with Gasteiger partial charge in [0, 0.05) is 15.7 Å². The second-order valence-corrected chi connectivity index (χ2v) is 7.01. The van der Waals surface area contributed by atoms with E-state index in [1.54, 1.807) is 17.0 Å². The Kier molecular flexibility index (Phi) is 8.21. The third-order valence-corrected chi connectivity index (χ3v) is 4.80. The van der Waals surface area contributed by atoms with Crippen molar-refractivity contribution in [3.63, 3.8) is 0 Å². The largest absolute Gasteiger partial charge is 0.447 e. The van der Waals surface area contributed by atoms with E-state index in [-0.39, 0.29) is 36.1 Å². The average molecular weight is 535 g/mol. The summed E-state index contributed by atoms with van der Waals surface area (Å²) in [5, 5.41) is 4.28. The maximum absolute atomic E-state index is 11.6. The first-order valence-electron chi connectivity index (χ1n) is 8.48. The first kappa shape index (κ1) is 22.6. The van der Waals surface area contributed by atoms with Crippen LogP contribution < -0.4 is 16.0 Å². The molecule has 1 unspecified atom stereocenters. The van der Waals surface area contributed by atoms with E-state index in [1.165, 1.54) is 0 Å². The smallest absolute Gasteiger partial charge is 0.414 e. The minimum atomic E-state index is -0.316. The third-order valence-electron chi connectivity index (χ3n) is 4.23. The zero-order valence-corrected chi connectivity index (χ0v) is 19.0. The molecule has 1 heterocycles. The van der Waals surface area contributed by atoms with Crippen LogP contribution in [-0.2, 0) is 11.3 Å². The van der Waals surface area contributed by atoms with Gasteiger partial charge in [-0.1, -0.05) is 41.4 Å². The molecule has 3 N–H and O–H groups in total. The number of cyclic esters (lactones) is 1. The fraction of sp³-hybridized carbons (Fsp3) is 0.263. The van der Waals surface area contributed by atoms with Crippen LogP contribution in [0.2, 0.25) is 10.0 Å². The molecule has 1 saturated heterocycles. The summed E-state index contributed by atoms with van der Waals surface area (Å²) in [6, 6.07) is 12.8. The van der Waals surface area contributed by atoms with Crippen LogP contribution in [0.1, 0.15) is 24.1 Å². The molecule has 9 heteroatoms. The maximum atomic E-state index is 11.6. The lowest BCUT2D eigenvalue weighted by atomic mass is 10.1. The molecule has 0 saturated carbocycles. The monoisotopic (exact) mass is 534 g/mol. The summed E-state index contributed by atoms with van der Waals surface area (Å²) in [6.45, 7) is 3.35. The highest BCUT2D eigenvalue weighted by Gasteiger charge is 2.23. The fourth-order valence-electron chi connectivity index (χ4n) is 2.78. The highest BCUT2D eigenvalue weighted by Crippen LogP contribution is 2.26. The Morgan fingerprint density at radius 3 is 2.61 bits per heavy atom. The molecule has 0 aromatic heterocycles. The van der Waals surface area contributed by atoms with E-state index in [1.807, 2.05) is 37.3 Å². The van der Waals surface area contributed by atoms with Gasteiger partial charge in [-0.05, 0) is 42.3 Å². The van der Waals surface area contributed by atoms with Crippen molar-refractivity contribution < 1.29 is 9.53 Å². The Labute approximate surface area is 191 Å². The van der Waals surface area contributed by atoms with Crippen molar-refractivity contribution in [1.29, 1.82) is 0 Å². The molecule has 1 aliphatic rings. The summed E-state index contributed by atoms with van der Waals surface area (Å²) in [7, 11) is 0. The van der Waals surface area contributed by atoms with E-state index in [4.69, 9.17) is 33.7 Å². The highest BCUT2D eigenvalue weighted by molar-refractivity contribution is 14.0. The van der Waals surface area contributed by atoms with E-state index in [0.717, 1.165) is 16.8 Å². The maximum Gasteiger partial charge on any atom is 0.414 e. The number of rotatable bonds is 5. The Bertz CT molecular complexity index is 862. The topological polar surface area (TPSA) is 79.9 Å². The van der Waals surface area contributed by atoms with Crippen molar-refractivity contribution in [2.24, 2.45) is 10.7 Å². The molecule has 0 radical (unpaired) electrons. The number of halogens is 3. The lowest BCUT2D eigenvalue weighted by molar-refractivity contribution is 0.181. The Morgan fingerprint density at radius 1 is 1.29 bits per heavy atom. The van der Waals surface area contributed by atoms with Crippen LogP contribution in [0.25, 0.3) is 0 Å². The van der Waals surface area contributed by atoms with Crippen LogP contribution in [0.5, 0.6) is 0 Å². The van der Waals surface area contributed by atoms with E-state index in [2.05, 4.69) is 10.3 Å². The average Bonchev–Trinajstić information content (AvgIpc) is 3.06. The number of nitrogens with two attached hydrogens (primary N) is 1. The van der Waals surface area contributed by atoms with Crippen molar-refractivity contribution in [2.75, 3.05) is 18.1 Å². The molecule has 1 aliphatic heterocycles. The normalized spacial score (nSPS) is 15.0. The second kappa shape index (κ2) is 10.2. The zero-order valence-electron chi connectivity index (χ0n) is 15.2. The molecule has 0 bridgehead atoms. The summed E-state index contributed by atoms with van der Waals surface area (Å²) < 4.78 is 4.94. The molecule has 2 aromatic rings. The quantitative estimate of drug-likeness (QED) is 0.330. The fourth-order valence-corrected chi connectivity index (χ4v) is 3.36. The van der Waals surface area contributed by atoms with Crippen LogP contribution in [0.4, 0.5) is 10.5 Å². The Morgan fingerprint density at radius 2 is 2.00 bits per heavy atom. The summed E-state index contributed by atoms with van der Waals surface area (Å²) in [4.78, 5) is 17.5. The van der Waals surface area contributed by atoms with E-state index in [9.17, 15) is 4.79 Å². The molecule has 1 atom stereocenters. The Balaban J connectivity index is 0.00000280. The minimum absolute atomic E-state index is 0. The number of nitrogens with one attached hydrogen (secondary N) is 1. The number of hydrogen-bond acceptors (Lipinski definition) is 3. The van der Waals surface area contributed by atoms with Crippen molar-refractivity contribution in [1.82, 2.24) is 5.32 Å². The number of amides is 1. The number of benzene rings is 2. The number of nitrogens with zero attached hydrogens (tertiary/aromatic N) is 2. The summed E-state index contributed by atoms with van der Waals surface area (Å²) in [5.41, 5.74) is 8.67. The number of aliphatic imine (C=N–C) groups is 1. The van der Waals surface area contributed by atoms with Gasteiger partial charge in [0.1, 0.15) is 6.61 Å². The first-order valence-corrected chi connectivity index (χ1v) is 9.24. The van der Waals surface area contributed by atoms with Gasteiger partial charge < -0.3 is 15.8 Å². The molecule has 3 rings (SSSR count). The van der Waals surface area contributed by atoms with Crippen molar-refractivity contribution in [3.05, 3.63) is 63.6 Å². The molecule has 150 valence electrons. The van der Waals surface area contributed by atoms with Crippen LogP contribution in [0.15, 0.2) is 47.5 Å². The highest BCUT2D eigenvalue weighted by atomic mass is 127. The van der Waals surface area contributed by atoms with Gasteiger partial charge in [0.15, 0.2) is 5.96 Å². The number of guanidine groups is 1. The molecular formula is C19H21Cl2IN4O2. The molecule has 28 heavy (non-hydrogen) atoms. The van der Waals surface area contributed by atoms with E-state index < -0.39 is 0 Å². The van der Waals surface area contributed by atoms with Gasteiger partial charge in [-0.2, -0.15) is 0 Å². The van der Waals surface area contributed by atoms with E-state index >= 15 is 0 Å². The van der Waals surface area contributed by atoms with Crippen LogP contribution >= 0.6 is 47.2 Å². The molecule has 6 nitrogen and oxygen atoms in total. The van der Waals surface area contributed by atoms with Crippen LogP contribution in [0.3, 0.4) is 0 Å². The van der Waals surface area contributed by atoms with E-state index in [0.29, 0.717) is 35.7 Å². The molecule has 1 amide bonds. The van der Waals surface area contributed by atoms with Gasteiger partial charge in [0.2, 0.25) is 0 Å². The molecule has 0 spiro atoms. The molecular weight excluding hydrogens is 514 g/mol. The summed E-state index contributed by atoms with van der Waals surface area (Å²) >= 11 is 12.1. The third kappa shape index (κ3) is 5.65. The van der Waals surface area contributed by atoms with Gasteiger partial charge in [-0.15, -0.1) is 24.0 Å². The van der Waals surface area contributed by atoms with Crippen LogP contribution in [0, 0.1) is 0 Å². The number of carbonyl (C=O) groups excluding carboxylic acids is 1. The summed E-state index contributed by atoms with van der Waals surface area (Å²) in [5.74, 6) is 0.320. The predicted octanol–water partition coefficient (Wildman–Crippen LogP) is 4.73. The SMILES string of the molecule is CC(NC(N)=NCc1ccc(N2CCOC2=O)cc1)c1ccc(Cl)cc1Cl.I. The number of ether oxygens (including phenoxy) is 1. The molecule has 2 aromatic carbocycles. The van der Waals surface area contributed by atoms with Gasteiger partial charge in [-0.3, -0.25) is 4.90 Å². The molecule has 1 fully saturated rings. The van der Waals surface area contributed by atoms with Crippen LogP contribution in [-0.4, -0.2) is 25.2 Å². The first-order chi connectivity index (χ1) is 12.9. The second-order valence-electron chi connectivity index (χ2n) is 6.17. The zero-order chi connectivity index (χ0) is 19.4. The number of hydrogen-bond donors (Lipinski definition) is 2. The number of carbonyl (C=O) groups is 1. The van der Waals surface area contributed by atoms with Crippen molar-refractivity contribution >= 4 is 64.9 Å². The van der Waals surface area contributed by atoms with Gasteiger partial charge in [0.05, 0.1) is 19.1 Å². The molecule has 0 aliphatic carbocycles. The predicted molar refractivity (Wildman–Crippen MR) is 124 cm³/mol. The lowest BCUT2D eigenvalue weighted by Crippen LogP contribution is -2.34. The van der Waals surface area contributed by atoms with Crippen molar-refractivity contribution in [3.8, 4) is 0 Å². The standard InChI is InChI=1S/C19H20Cl2N4O2.HI/c1-12(16-7-4-14(20)10-17(16)21)24-18(22)23-11-13-2-5-15(6-3-13)25-8-9-27-19(25)26;/h2-7,10,12H,8-9,11H2,1H3,(H3,22,23,24);1H. The van der Waals surface area contributed by atoms with Crippen molar-refractivity contribution in [2.45, 2.75) is 19.5 Å². The van der Waals surface area contributed by atoms with Gasteiger partial charge >= 0.3 is 6.09 Å². The Hall–Kier alpha value is -1.71. The lowest BCUT2D eigenvalue weighted by Gasteiger charge is -2.16.